The van der Waals surface area contributed by atoms with Crippen molar-refractivity contribution in [2.24, 2.45) is 0 Å². The standard InChI is InChI=1S/C11H9BrN2O4S2/c1-6-4-7(12)5-13-10(6)14-20(17,18)8-2-3-19-9(8)11(15)16/h2-5H,1H3,(H,13,14)(H,15,16). The van der Waals surface area contributed by atoms with E-state index < -0.39 is 16.0 Å². The number of halogens is 1. The van der Waals surface area contributed by atoms with Crippen molar-refractivity contribution in [3.05, 3.63) is 38.6 Å². The zero-order valence-electron chi connectivity index (χ0n) is 10.1. The number of carboxylic acids is 1. The van der Waals surface area contributed by atoms with Crippen LogP contribution in [-0.2, 0) is 10.0 Å². The van der Waals surface area contributed by atoms with Crippen molar-refractivity contribution < 1.29 is 18.3 Å². The summed E-state index contributed by atoms with van der Waals surface area (Å²) in [6, 6.07) is 2.96. The monoisotopic (exact) mass is 376 g/mol. The normalized spacial score (nSPS) is 11.3. The maximum Gasteiger partial charge on any atom is 0.347 e. The Labute approximate surface area is 127 Å². The second-order valence-corrected chi connectivity index (χ2v) is 7.33. The average Bonchev–Trinajstić information content (AvgIpc) is 2.82. The van der Waals surface area contributed by atoms with E-state index in [2.05, 4.69) is 25.6 Å². The summed E-state index contributed by atoms with van der Waals surface area (Å²) in [5.41, 5.74) is 0.620. The maximum absolute atomic E-state index is 12.2. The number of hydrogen-bond acceptors (Lipinski definition) is 5. The summed E-state index contributed by atoms with van der Waals surface area (Å²) >= 11 is 4.08. The molecule has 0 spiro atoms. The Morgan fingerprint density at radius 3 is 2.80 bits per heavy atom. The third-order valence-corrected chi connectivity index (χ3v) is 5.24. The second-order valence-electron chi connectivity index (χ2n) is 3.84. The van der Waals surface area contributed by atoms with Crippen LogP contribution in [-0.4, -0.2) is 24.5 Å². The van der Waals surface area contributed by atoms with Gasteiger partial charge in [0, 0.05) is 10.7 Å². The zero-order chi connectivity index (χ0) is 14.9. The molecule has 0 aliphatic carbocycles. The van der Waals surface area contributed by atoms with Gasteiger partial charge in [-0.3, -0.25) is 4.72 Å². The van der Waals surface area contributed by atoms with Gasteiger partial charge in [0.25, 0.3) is 10.0 Å². The zero-order valence-corrected chi connectivity index (χ0v) is 13.3. The summed E-state index contributed by atoms with van der Waals surface area (Å²) in [6.07, 6.45) is 1.45. The SMILES string of the molecule is Cc1cc(Br)cnc1NS(=O)(=O)c1ccsc1C(=O)O. The van der Waals surface area contributed by atoms with Crippen molar-refractivity contribution in [2.75, 3.05) is 4.72 Å². The molecule has 0 aromatic carbocycles. The van der Waals surface area contributed by atoms with Crippen LogP contribution in [0.4, 0.5) is 5.82 Å². The third kappa shape index (κ3) is 3.00. The van der Waals surface area contributed by atoms with E-state index in [1.807, 2.05) is 0 Å². The number of sulfonamides is 1. The molecule has 0 fully saturated rings. The first-order chi connectivity index (χ1) is 9.31. The van der Waals surface area contributed by atoms with E-state index in [1.54, 1.807) is 13.0 Å². The number of hydrogen-bond donors (Lipinski definition) is 2. The summed E-state index contributed by atoms with van der Waals surface area (Å²) in [7, 11) is -3.98. The molecule has 0 atom stereocenters. The molecule has 0 bridgehead atoms. The third-order valence-electron chi connectivity index (χ3n) is 2.39. The smallest absolute Gasteiger partial charge is 0.347 e. The number of aromatic carboxylic acids is 1. The number of thiophene rings is 1. The first-order valence-corrected chi connectivity index (χ1v) is 8.42. The number of anilines is 1. The molecule has 0 aliphatic heterocycles. The van der Waals surface area contributed by atoms with Gasteiger partial charge in [-0.25, -0.2) is 18.2 Å². The molecule has 2 aromatic heterocycles. The molecule has 0 saturated carbocycles. The topological polar surface area (TPSA) is 96.4 Å². The molecule has 0 aliphatic rings. The van der Waals surface area contributed by atoms with Crippen LogP contribution in [0, 0.1) is 6.92 Å². The highest BCUT2D eigenvalue weighted by Gasteiger charge is 2.24. The molecular weight excluding hydrogens is 368 g/mol. The van der Waals surface area contributed by atoms with Crippen LogP contribution in [0.5, 0.6) is 0 Å². The van der Waals surface area contributed by atoms with Crippen LogP contribution in [0.2, 0.25) is 0 Å². The number of aryl methyl sites for hydroxylation is 1. The lowest BCUT2D eigenvalue weighted by Gasteiger charge is -2.09. The molecule has 0 saturated heterocycles. The summed E-state index contributed by atoms with van der Waals surface area (Å²) in [5, 5.41) is 10.4. The van der Waals surface area contributed by atoms with Crippen LogP contribution >= 0.6 is 27.3 Å². The van der Waals surface area contributed by atoms with Gasteiger partial charge < -0.3 is 5.11 Å². The molecule has 0 unspecified atom stereocenters. The number of pyridine rings is 1. The minimum atomic E-state index is -3.98. The molecule has 9 heteroatoms. The van der Waals surface area contributed by atoms with E-state index in [9.17, 15) is 13.2 Å². The molecule has 2 aromatic rings. The molecule has 0 amide bonds. The van der Waals surface area contributed by atoms with Gasteiger partial charge in [-0.15, -0.1) is 11.3 Å². The summed E-state index contributed by atoms with van der Waals surface area (Å²) in [5.74, 6) is -1.11. The van der Waals surface area contributed by atoms with E-state index in [4.69, 9.17) is 5.11 Å². The van der Waals surface area contributed by atoms with E-state index >= 15 is 0 Å². The second kappa shape index (κ2) is 5.51. The summed E-state index contributed by atoms with van der Waals surface area (Å²) in [6.45, 7) is 1.70. The maximum atomic E-state index is 12.2. The molecule has 20 heavy (non-hydrogen) atoms. The van der Waals surface area contributed by atoms with Crippen molar-refractivity contribution in [3.63, 3.8) is 0 Å². The molecule has 106 valence electrons. The van der Waals surface area contributed by atoms with Gasteiger partial charge in [0.2, 0.25) is 0 Å². The van der Waals surface area contributed by atoms with Crippen molar-refractivity contribution >= 4 is 49.1 Å². The van der Waals surface area contributed by atoms with E-state index in [-0.39, 0.29) is 15.6 Å². The Balaban J connectivity index is 2.41. The summed E-state index contributed by atoms with van der Waals surface area (Å²) in [4.78, 5) is 14.5. The summed E-state index contributed by atoms with van der Waals surface area (Å²) < 4.78 is 27.4. The minimum absolute atomic E-state index is 0.163. The first kappa shape index (κ1) is 14.9. The Hall–Kier alpha value is -1.45. The predicted octanol–water partition coefficient (Wildman–Crippen LogP) is 2.71. The van der Waals surface area contributed by atoms with Crippen molar-refractivity contribution in [1.29, 1.82) is 0 Å². The van der Waals surface area contributed by atoms with Crippen LogP contribution in [0.25, 0.3) is 0 Å². The Morgan fingerprint density at radius 1 is 1.50 bits per heavy atom. The van der Waals surface area contributed by atoms with Crippen molar-refractivity contribution in [1.82, 2.24) is 4.98 Å². The number of carbonyl (C=O) groups is 1. The fourth-order valence-corrected chi connectivity index (χ4v) is 4.28. The predicted molar refractivity (Wildman–Crippen MR) is 78.8 cm³/mol. The van der Waals surface area contributed by atoms with Crippen molar-refractivity contribution in [3.8, 4) is 0 Å². The van der Waals surface area contributed by atoms with Gasteiger partial charge in [0.15, 0.2) is 0 Å². The highest BCUT2D eigenvalue weighted by Crippen LogP contribution is 2.25. The molecule has 6 nitrogen and oxygen atoms in total. The lowest BCUT2D eigenvalue weighted by atomic mass is 10.3. The van der Waals surface area contributed by atoms with E-state index in [0.29, 0.717) is 5.56 Å². The number of rotatable bonds is 4. The largest absolute Gasteiger partial charge is 0.477 e. The van der Waals surface area contributed by atoms with Crippen molar-refractivity contribution in [2.45, 2.75) is 11.8 Å². The Bertz CT molecular complexity index is 770. The quantitative estimate of drug-likeness (QED) is 0.854. The van der Waals surface area contributed by atoms with Gasteiger partial charge in [-0.1, -0.05) is 0 Å². The highest BCUT2D eigenvalue weighted by atomic mass is 79.9. The number of nitrogens with zero attached hydrogens (tertiary/aromatic N) is 1. The number of nitrogens with one attached hydrogen (secondary N) is 1. The Kier molecular flexibility index (Phi) is 4.11. The lowest BCUT2D eigenvalue weighted by Crippen LogP contribution is -2.16. The lowest BCUT2D eigenvalue weighted by molar-refractivity contribution is 0.0698. The van der Waals surface area contributed by atoms with Gasteiger partial charge >= 0.3 is 5.97 Å². The van der Waals surface area contributed by atoms with E-state index in [0.717, 1.165) is 15.8 Å². The first-order valence-electron chi connectivity index (χ1n) is 5.27. The van der Waals surface area contributed by atoms with Gasteiger partial charge in [0.1, 0.15) is 15.6 Å². The fourth-order valence-electron chi connectivity index (χ4n) is 1.49. The molecule has 2 N–H and O–H groups in total. The van der Waals surface area contributed by atoms with Gasteiger partial charge in [0.05, 0.1) is 0 Å². The van der Waals surface area contributed by atoms with Crippen LogP contribution in [0.3, 0.4) is 0 Å². The number of carboxylic acid groups (broad SMARTS) is 1. The molecule has 2 heterocycles. The number of aromatic nitrogens is 1. The Morgan fingerprint density at radius 2 is 2.20 bits per heavy atom. The van der Waals surface area contributed by atoms with Crippen LogP contribution in [0.1, 0.15) is 15.2 Å². The molecule has 0 radical (unpaired) electrons. The minimum Gasteiger partial charge on any atom is -0.477 e. The van der Waals surface area contributed by atoms with Gasteiger partial charge in [-0.05, 0) is 45.9 Å². The molecular formula is C11H9BrN2O4S2. The van der Waals surface area contributed by atoms with Crippen LogP contribution < -0.4 is 4.72 Å². The highest BCUT2D eigenvalue weighted by molar-refractivity contribution is 9.10. The van der Waals surface area contributed by atoms with Gasteiger partial charge in [-0.2, -0.15) is 0 Å². The van der Waals surface area contributed by atoms with Crippen LogP contribution in [0.15, 0.2) is 33.1 Å². The average molecular weight is 377 g/mol. The molecule has 2 rings (SSSR count). The fraction of sp³-hybridized carbons (Fsp3) is 0.0909. The van der Waals surface area contributed by atoms with E-state index in [1.165, 1.54) is 17.6 Å².